The van der Waals surface area contributed by atoms with Crippen LogP contribution in [0.15, 0.2) is 0 Å². The molecule has 1 N–H and O–H groups in total. The van der Waals surface area contributed by atoms with E-state index in [2.05, 4.69) is 26.1 Å². The molecule has 1 saturated heterocycles. The Balaban J connectivity index is 2.40. The third-order valence-corrected chi connectivity index (χ3v) is 3.04. The summed E-state index contributed by atoms with van der Waals surface area (Å²) in [4.78, 5) is 0. The molecule has 1 rings (SSSR count). The minimum Gasteiger partial charge on any atom is -0.316 e. The molecule has 0 aromatic heterocycles. The smallest absolute Gasteiger partial charge is 0.00204 e. The maximum atomic E-state index is 3.97. The highest BCUT2D eigenvalue weighted by Gasteiger charge is 2.24. The van der Waals surface area contributed by atoms with Gasteiger partial charge >= 0.3 is 0 Å². The fraction of sp³-hybridized carbons (Fsp3) is 0.900. The highest BCUT2D eigenvalue weighted by atomic mass is 14.9. The van der Waals surface area contributed by atoms with E-state index < -0.39 is 0 Å². The zero-order valence-electron chi connectivity index (χ0n) is 7.77. The molecule has 11 heavy (non-hydrogen) atoms. The Morgan fingerprint density at radius 3 is 2.91 bits per heavy atom. The van der Waals surface area contributed by atoms with Crippen molar-refractivity contribution in [3.8, 4) is 0 Å². The number of rotatable bonds is 2. The van der Waals surface area contributed by atoms with Crippen molar-refractivity contribution in [1.29, 1.82) is 0 Å². The van der Waals surface area contributed by atoms with E-state index in [1.807, 2.05) is 0 Å². The van der Waals surface area contributed by atoms with Crippen molar-refractivity contribution in [3.05, 3.63) is 6.92 Å². The van der Waals surface area contributed by atoms with Gasteiger partial charge in [-0.1, -0.05) is 27.2 Å². The van der Waals surface area contributed by atoms with E-state index in [0.717, 1.165) is 24.2 Å². The lowest BCUT2D eigenvalue weighted by Gasteiger charge is -2.33. The maximum Gasteiger partial charge on any atom is -0.00204 e. The Bertz CT molecular complexity index is 107. The zero-order chi connectivity index (χ0) is 8.27. The van der Waals surface area contributed by atoms with Crippen molar-refractivity contribution in [2.75, 3.05) is 13.1 Å². The van der Waals surface area contributed by atoms with Gasteiger partial charge in [-0.3, -0.25) is 0 Å². The van der Waals surface area contributed by atoms with Crippen LogP contribution in [0.5, 0.6) is 0 Å². The van der Waals surface area contributed by atoms with Gasteiger partial charge in [0.2, 0.25) is 0 Å². The highest BCUT2D eigenvalue weighted by Crippen LogP contribution is 2.28. The van der Waals surface area contributed by atoms with Gasteiger partial charge in [-0.2, -0.15) is 0 Å². The highest BCUT2D eigenvalue weighted by molar-refractivity contribution is 4.78. The van der Waals surface area contributed by atoms with Crippen molar-refractivity contribution in [1.82, 2.24) is 5.32 Å². The summed E-state index contributed by atoms with van der Waals surface area (Å²) in [6.07, 6.45) is 2.44. The summed E-state index contributed by atoms with van der Waals surface area (Å²) in [5, 5.41) is 3.42. The quantitative estimate of drug-likeness (QED) is 0.642. The van der Waals surface area contributed by atoms with Crippen LogP contribution in [0.25, 0.3) is 0 Å². The van der Waals surface area contributed by atoms with Gasteiger partial charge in [-0.15, -0.1) is 0 Å². The van der Waals surface area contributed by atoms with Crippen LogP contribution >= 0.6 is 0 Å². The van der Waals surface area contributed by atoms with E-state index in [4.69, 9.17) is 0 Å². The average molecular weight is 154 g/mol. The number of hydrogen-bond donors (Lipinski definition) is 1. The predicted octanol–water partition coefficient (Wildman–Crippen LogP) is 2.09. The van der Waals surface area contributed by atoms with Crippen LogP contribution in [-0.2, 0) is 0 Å². The van der Waals surface area contributed by atoms with E-state index in [9.17, 15) is 0 Å². The van der Waals surface area contributed by atoms with Crippen LogP contribution in [0.1, 0.15) is 26.7 Å². The summed E-state index contributed by atoms with van der Waals surface area (Å²) in [7, 11) is 0. The molecule has 3 atom stereocenters. The van der Waals surface area contributed by atoms with Crippen molar-refractivity contribution < 1.29 is 0 Å². The van der Waals surface area contributed by atoms with E-state index in [1.54, 1.807) is 0 Å². The Kier molecular flexibility index (Phi) is 3.38. The Morgan fingerprint density at radius 2 is 2.36 bits per heavy atom. The summed E-state index contributed by atoms with van der Waals surface area (Å²) < 4.78 is 0. The predicted molar refractivity (Wildman–Crippen MR) is 49.3 cm³/mol. The van der Waals surface area contributed by atoms with Gasteiger partial charge in [-0.05, 0) is 37.3 Å². The molecule has 1 heteroatoms. The molecule has 1 nitrogen and oxygen atoms in total. The fourth-order valence-corrected chi connectivity index (χ4v) is 2.09. The SMILES string of the molecule is [CH2]CC(C)C1CCNCC1C. The van der Waals surface area contributed by atoms with E-state index >= 15 is 0 Å². The van der Waals surface area contributed by atoms with Gasteiger partial charge in [0.25, 0.3) is 0 Å². The average Bonchev–Trinajstić information content (AvgIpc) is 2.04. The first-order valence-electron chi connectivity index (χ1n) is 4.75. The van der Waals surface area contributed by atoms with Gasteiger partial charge < -0.3 is 5.32 Å². The normalized spacial score (nSPS) is 35.2. The van der Waals surface area contributed by atoms with Crippen LogP contribution in [0, 0.1) is 24.7 Å². The topological polar surface area (TPSA) is 12.0 Å². The van der Waals surface area contributed by atoms with Gasteiger partial charge in [0.15, 0.2) is 0 Å². The Hall–Kier alpha value is -0.0400. The molecule has 1 fully saturated rings. The fourth-order valence-electron chi connectivity index (χ4n) is 2.09. The van der Waals surface area contributed by atoms with Crippen molar-refractivity contribution in [2.24, 2.45) is 17.8 Å². The molecule has 1 radical (unpaired) electrons. The van der Waals surface area contributed by atoms with Crippen molar-refractivity contribution in [2.45, 2.75) is 26.7 Å². The molecule has 0 spiro atoms. The molecule has 0 aliphatic carbocycles. The second-order valence-corrected chi connectivity index (χ2v) is 3.90. The van der Waals surface area contributed by atoms with Gasteiger partial charge in [-0.25, -0.2) is 0 Å². The molecule has 1 aliphatic rings. The Morgan fingerprint density at radius 1 is 1.64 bits per heavy atom. The molecular formula is C10H20N. The largest absolute Gasteiger partial charge is 0.316 e. The summed E-state index contributed by atoms with van der Waals surface area (Å²) in [5.41, 5.74) is 0. The Labute approximate surface area is 70.6 Å². The number of hydrogen-bond acceptors (Lipinski definition) is 1. The molecule has 65 valence electrons. The first-order chi connectivity index (χ1) is 5.25. The van der Waals surface area contributed by atoms with E-state index in [1.165, 1.54) is 19.5 Å². The minimum atomic E-state index is 0.812. The van der Waals surface area contributed by atoms with Crippen LogP contribution in [-0.4, -0.2) is 13.1 Å². The number of piperidine rings is 1. The van der Waals surface area contributed by atoms with Gasteiger partial charge in [0, 0.05) is 0 Å². The first kappa shape index (κ1) is 9.05. The molecule has 0 bridgehead atoms. The molecule has 1 heterocycles. The van der Waals surface area contributed by atoms with Crippen molar-refractivity contribution >= 4 is 0 Å². The summed E-state index contributed by atoms with van der Waals surface area (Å²) in [6, 6.07) is 0. The van der Waals surface area contributed by atoms with Crippen LogP contribution < -0.4 is 5.32 Å². The van der Waals surface area contributed by atoms with E-state index in [-0.39, 0.29) is 0 Å². The molecule has 0 aromatic rings. The van der Waals surface area contributed by atoms with Gasteiger partial charge in [0.1, 0.15) is 0 Å². The number of nitrogens with one attached hydrogen (secondary N) is 1. The molecule has 0 amide bonds. The second-order valence-electron chi connectivity index (χ2n) is 3.90. The lowest BCUT2D eigenvalue weighted by molar-refractivity contribution is 0.199. The van der Waals surface area contributed by atoms with Gasteiger partial charge in [0.05, 0.1) is 0 Å². The monoisotopic (exact) mass is 154 g/mol. The summed E-state index contributed by atoms with van der Waals surface area (Å²) in [6.45, 7) is 11.1. The molecular weight excluding hydrogens is 134 g/mol. The van der Waals surface area contributed by atoms with E-state index in [0.29, 0.717) is 0 Å². The third kappa shape index (κ3) is 2.19. The second kappa shape index (κ2) is 4.10. The third-order valence-electron chi connectivity index (χ3n) is 3.04. The van der Waals surface area contributed by atoms with Crippen LogP contribution in [0.2, 0.25) is 0 Å². The van der Waals surface area contributed by atoms with Crippen LogP contribution in [0.3, 0.4) is 0 Å². The first-order valence-corrected chi connectivity index (χ1v) is 4.75. The van der Waals surface area contributed by atoms with Crippen molar-refractivity contribution in [3.63, 3.8) is 0 Å². The standard InChI is InChI=1S/C10H20N/c1-4-8(2)10-5-6-11-7-9(10)3/h8-11H,1,4-7H2,2-3H3. The van der Waals surface area contributed by atoms with Crippen LogP contribution in [0.4, 0.5) is 0 Å². The zero-order valence-corrected chi connectivity index (χ0v) is 7.77. The lowest BCUT2D eigenvalue weighted by Crippen LogP contribution is -2.37. The molecule has 0 aromatic carbocycles. The molecule has 1 aliphatic heterocycles. The lowest BCUT2D eigenvalue weighted by atomic mass is 9.78. The molecule has 3 unspecified atom stereocenters. The molecule has 0 saturated carbocycles. The maximum absolute atomic E-state index is 3.97. The summed E-state index contributed by atoms with van der Waals surface area (Å²) >= 11 is 0. The minimum absolute atomic E-state index is 0.812. The summed E-state index contributed by atoms with van der Waals surface area (Å²) in [5.74, 6) is 2.57.